The summed E-state index contributed by atoms with van der Waals surface area (Å²) in [6.45, 7) is 9.59. The van der Waals surface area contributed by atoms with Crippen LogP contribution in [-0.4, -0.2) is 36.3 Å². The molecule has 2 aromatic rings. The number of aromatic nitrogens is 2. The van der Waals surface area contributed by atoms with Crippen molar-refractivity contribution < 1.29 is 4.74 Å². The minimum Gasteiger partial charge on any atom is -0.378 e. The molecule has 3 rings (SSSR count). The third-order valence-corrected chi connectivity index (χ3v) is 4.25. The Morgan fingerprint density at radius 2 is 2.00 bits per heavy atom. The fourth-order valence-electron chi connectivity index (χ4n) is 2.06. The number of hydrogen-bond acceptors (Lipinski definition) is 5. The summed E-state index contributed by atoms with van der Waals surface area (Å²) in [4.78, 5) is 11.2. The summed E-state index contributed by atoms with van der Waals surface area (Å²) in [6.07, 6.45) is 3.65. The molecular weight excluding hydrogens is 270 g/mol. The normalized spacial score (nSPS) is 14.7. The number of ether oxygens (including phenoxy) is 1. The van der Waals surface area contributed by atoms with Crippen LogP contribution in [0.25, 0.3) is 10.6 Å². The van der Waals surface area contributed by atoms with Gasteiger partial charge in [0.05, 0.1) is 18.9 Å². The molecule has 1 aliphatic heterocycles. The van der Waals surface area contributed by atoms with Crippen molar-refractivity contribution in [1.82, 2.24) is 9.97 Å². The van der Waals surface area contributed by atoms with Crippen LogP contribution in [-0.2, 0) is 4.74 Å². The molecule has 0 aromatic carbocycles. The largest absolute Gasteiger partial charge is 0.378 e. The Hall–Kier alpha value is -1.46. The Labute approximate surface area is 124 Å². The molecule has 3 heterocycles. The first-order valence-electron chi connectivity index (χ1n) is 7.05. The second-order valence-corrected chi connectivity index (χ2v) is 5.23. The minimum atomic E-state index is 0.805. The highest BCUT2D eigenvalue weighted by Crippen LogP contribution is 2.34. The fourth-order valence-corrected chi connectivity index (χ4v) is 3.17. The van der Waals surface area contributed by atoms with Crippen LogP contribution in [0.5, 0.6) is 0 Å². The van der Waals surface area contributed by atoms with Gasteiger partial charge in [0.15, 0.2) is 0 Å². The van der Waals surface area contributed by atoms with E-state index in [-0.39, 0.29) is 0 Å². The van der Waals surface area contributed by atoms with Gasteiger partial charge in [-0.1, -0.05) is 25.2 Å². The standard InChI is InChI=1S/C13H15N3OS.C2H6/c1-10-13(16-5-7-17-8-6-16)18-12(15-10)11-3-2-4-14-9-11;1-2/h2-4,9H,5-8H2,1H3;1-2H3. The molecule has 5 heteroatoms. The van der Waals surface area contributed by atoms with E-state index < -0.39 is 0 Å². The molecule has 0 radical (unpaired) electrons. The topological polar surface area (TPSA) is 38.2 Å². The van der Waals surface area contributed by atoms with E-state index in [0.717, 1.165) is 42.6 Å². The van der Waals surface area contributed by atoms with Gasteiger partial charge in [0, 0.05) is 31.0 Å². The highest BCUT2D eigenvalue weighted by atomic mass is 32.1. The Kier molecular flexibility index (Phi) is 5.49. The first kappa shape index (κ1) is 14.9. The van der Waals surface area contributed by atoms with Crippen LogP contribution in [0.1, 0.15) is 19.5 Å². The lowest BCUT2D eigenvalue weighted by Crippen LogP contribution is -2.36. The molecule has 2 aromatic heterocycles. The molecule has 1 saturated heterocycles. The van der Waals surface area contributed by atoms with E-state index in [0.29, 0.717) is 0 Å². The van der Waals surface area contributed by atoms with Gasteiger partial charge in [-0.25, -0.2) is 4.98 Å². The van der Waals surface area contributed by atoms with Crippen molar-refractivity contribution in [3.05, 3.63) is 30.2 Å². The molecule has 0 bridgehead atoms. The van der Waals surface area contributed by atoms with Crippen LogP contribution in [0.2, 0.25) is 0 Å². The third-order valence-electron chi connectivity index (χ3n) is 2.98. The van der Waals surface area contributed by atoms with Crippen molar-refractivity contribution in [2.24, 2.45) is 0 Å². The highest BCUT2D eigenvalue weighted by molar-refractivity contribution is 7.19. The summed E-state index contributed by atoms with van der Waals surface area (Å²) in [5.41, 5.74) is 2.19. The molecule has 0 N–H and O–H groups in total. The molecule has 0 spiro atoms. The van der Waals surface area contributed by atoms with Crippen molar-refractivity contribution >= 4 is 16.3 Å². The highest BCUT2D eigenvalue weighted by Gasteiger charge is 2.17. The van der Waals surface area contributed by atoms with Gasteiger partial charge in [0.25, 0.3) is 0 Å². The number of nitrogens with zero attached hydrogens (tertiary/aromatic N) is 3. The molecular formula is C15H21N3OS. The van der Waals surface area contributed by atoms with Gasteiger partial charge >= 0.3 is 0 Å². The van der Waals surface area contributed by atoms with E-state index in [9.17, 15) is 0 Å². The Bertz CT molecular complexity index is 521. The van der Waals surface area contributed by atoms with Crippen molar-refractivity contribution in [2.75, 3.05) is 31.2 Å². The van der Waals surface area contributed by atoms with Crippen LogP contribution in [0, 0.1) is 6.92 Å². The SMILES string of the molecule is CC.Cc1nc(-c2cccnc2)sc1N1CCOCC1. The number of anilines is 1. The van der Waals surface area contributed by atoms with Crippen molar-refractivity contribution in [3.63, 3.8) is 0 Å². The lowest BCUT2D eigenvalue weighted by Gasteiger charge is -2.27. The quantitative estimate of drug-likeness (QED) is 0.850. The van der Waals surface area contributed by atoms with Gasteiger partial charge < -0.3 is 9.64 Å². The van der Waals surface area contributed by atoms with Crippen molar-refractivity contribution in [1.29, 1.82) is 0 Å². The van der Waals surface area contributed by atoms with E-state index in [2.05, 4.69) is 21.8 Å². The van der Waals surface area contributed by atoms with Gasteiger partial charge in [-0.2, -0.15) is 0 Å². The first-order chi connectivity index (χ1) is 9.84. The molecule has 0 amide bonds. The number of hydrogen-bond donors (Lipinski definition) is 0. The monoisotopic (exact) mass is 291 g/mol. The van der Waals surface area contributed by atoms with Crippen LogP contribution in [0.4, 0.5) is 5.00 Å². The zero-order valence-corrected chi connectivity index (χ0v) is 13.1. The maximum Gasteiger partial charge on any atom is 0.127 e. The Morgan fingerprint density at radius 1 is 1.25 bits per heavy atom. The van der Waals surface area contributed by atoms with Crippen molar-refractivity contribution in [3.8, 4) is 10.6 Å². The molecule has 20 heavy (non-hydrogen) atoms. The third kappa shape index (κ3) is 3.35. The van der Waals surface area contributed by atoms with Crippen molar-refractivity contribution in [2.45, 2.75) is 20.8 Å². The molecule has 1 aliphatic rings. The summed E-state index contributed by atoms with van der Waals surface area (Å²) in [6, 6.07) is 3.99. The smallest absolute Gasteiger partial charge is 0.127 e. The second-order valence-electron chi connectivity index (χ2n) is 4.25. The van der Waals surface area contributed by atoms with Gasteiger partial charge in [0.2, 0.25) is 0 Å². The average molecular weight is 291 g/mol. The van der Waals surface area contributed by atoms with Gasteiger partial charge in [-0.3, -0.25) is 4.98 Å². The lowest BCUT2D eigenvalue weighted by atomic mass is 10.3. The summed E-state index contributed by atoms with van der Waals surface area (Å²) in [5, 5.41) is 2.30. The number of rotatable bonds is 2. The van der Waals surface area contributed by atoms with Crippen LogP contribution < -0.4 is 4.90 Å². The van der Waals surface area contributed by atoms with Crippen LogP contribution >= 0.6 is 11.3 Å². The number of thiazole rings is 1. The summed E-state index contributed by atoms with van der Waals surface area (Å²) in [7, 11) is 0. The number of pyridine rings is 1. The summed E-state index contributed by atoms with van der Waals surface area (Å²) in [5.74, 6) is 0. The lowest BCUT2D eigenvalue weighted by molar-refractivity contribution is 0.123. The number of morpholine rings is 1. The zero-order valence-electron chi connectivity index (χ0n) is 12.3. The molecule has 108 valence electrons. The molecule has 1 fully saturated rings. The number of aryl methyl sites for hydroxylation is 1. The average Bonchev–Trinajstić information content (AvgIpc) is 2.93. The Morgan fingerprint density at radius 3 is 2.65 bits per heavy atom. The summed E-state index contributed by atoms with van der Waals surface area (Å²) >= 11 is 1.74. The van der Waals surface area contributed by atoms with Gasteiger partial charge in [-0.05, 0) is 19.1 Å². The molecule has 0 saturated carbocycles. The minimum absolute atomic E-state index is 0.805. The van der Waals surface area contributed by atoms with Gasteiger partial charge in [-0.15, -0.1) is 0 Å². The van der Waals surface area contributed by atoms with Gasteiger partial charge in [0.1, 0.15) is 10.0 Å². The van der Waals surface area contributed by atoms with E-state index in [4.69, 9.17) is 4.74 Å². The maximum atomic E-state index is 5.39. The maximum absolute atomic E-state index is 5.39. The fraction of sp³-hybridized carbons (Fsp3) is 0.467. The van der Waals surface area contributed by atoms with E-state index in [1.165, 1.54) is 5.00 Å². The Balaban J connectivity index is 0.000000704. The molecule has 0 unspecified atom stereocenters. The molecule has 4 nitrogen and oxygen atoms in total. The molecule has 0 atom stereocenters. The first-order valence-corrected chi connectivity index (χ1v) is 7.87. The van der Waals surface area contributed by atoms with E-state index in [1.54, 1.807) is 17.5 Å². The summed E-state index contributed by atoms with van der Waals surface area (Å²) < 4.78 is 5.39. The van der Waals surface area contributed by atoms with Crippen LogP contribution in [0.15, 0.2) is 24.5 Å². The van der Waals surface area contributed by atoms with Crippen LogP contribution in [0.3, 0.4) is 0 Å². The van der Waals surface area contributed by atoms with E-state index >= 15 is 0 Å². The van der Waals surface area contributed by atoms with E-state index in [1.807, 2.05) is 32.2 Å². The molecule has 0 aliphatic carbocycles. The second kappa shape index (κ2) is 7.36. The predicted molar refractivity (Wildman–Crippen MR) is 84.5 cm³/mol. The predicted octanol–water partition coefficient (Wildman–Crippen LogP) is 3.38. The zero-order chi connectivity index (χ0) is 14.4.